The maximum atomic E-state index is 12.7. The first kappa shape index (κ1) is 17.6. The SMILES string of the molecule is Cc1ccccc1CNC(=O)c1ccc2c(c1)N(C)C(=O)[C@H]1CCCCN21. The summed E-state index contributed by atoms with van der Waals surface area (Å²) < 4.78 is 0. The van der Waals surface area contributed by atoms with Crippen LogP contribution in [0.15, 0.2) is 42.5 Å². The minimum absolute atomic E-state index is 0.0583. The van der Waals surface area contributed by atoms with E-state index in [1.165, 1.54) is 0 Å². The van der Waals surface area contributed by atoms with Crippen molar-refractivity contribution >= 4 is 23.2 Å². The zero-order valence-corrected chi connectivity index (χ0v) is 15.9. The number of carbonyl (C=O) groups is 2. The maximum absolute atomic E-state index is 12.7. The normalized spacial score (nSPS) is 18.7. The molecule has 2 amide bonds. The van der Waals surface area contributed by atoms with Crippen LogP contribution in [-0.2, 0) is 11.3 Å². The summed E-state index contributed by atoms with van der Waals surface area (Å²) in [7, 11) is 1.81. The number of amides is 2. The van der Waals surface area contributed by atoms with E-state index in [1.54, 1.807) is 4.90 Å². The maximum Gasteiger partial charge on any atom is 0.251 e. The van der Waals surface area contributed by atoms with Gasteiger partial charge in [-0.25, -0.2) is 0 Å². The quantitative estimate of drug-likeness (QED) is 0.911. The monoisotopic (exact) mass is 363 g/mol. The van der Waals surface area contributed by atoms with Crippen LogP contribution >= 0.6 is 0 Å². The highest BCUT2D eigenvalue weighted by molar-refractivity contribution is 6.07. The van der Waals surface area contributed by atoms with Crippen molar-refractivity contribution in [1.29, 1.82) is 0 Å². The Morgan fingerprint density at radius 1 is 1.15 bits per heavy atom. The highest BCUT2D eigenvalue weighted by Gasteiger charge is 2.37. The summed E-state index contributed by atoms with van der Waals surface area (Å²) in [4.78, 5) is 29.3. The van der Waals surface area contributed by atoms with E-state index in [0.29, 0.717) is 12.1 Å². The first-order chi connectivity index (χ1) is 13.1. The smallest absolute Gasteiger partial charge is 0.251 e. The fourth-order valence-corrected chi connectivity index (χ4v) is 4.08. The van der Waals surface area contributed by atoms with E-state index in [4.69, 9.17) is 0 Å². The summed E-state index contributed by atoms with van der Waals surface area (Å²) in [5, 5.41) is 2.99. The standard InChI is InChI=1S/C22H25N3O2/c1-15-7-3-4-8-17(15)14-23-21(26)16-10-11-18-20(13-16)24(2)22(27)19-9-5-6-12-25(18)19/h3-4,7-8,10-11,13,19H,5-6,9,12,14H2,1-2H3,(H,23,26)/t19-/m1/s1. The third-order valence-electron chi connectivity index (χ3n) is 5.73. The molecule has 0 unspecified atom stereocenters. The van der Waals surface area contributed by atoms with Gasteiger partial charge in [0, 0.05) is 25.7 Å². The third-order valence-corrected chi connectivity index (χ3v) is 5.73. The number of aryl methyl sites for hydroxylation is 1. The Balaban J connectivity index is 1.56. The van der Waals surface area contributed by atoms with Gasteiger partial charge >= 0.3 is 0 Å². The molecule has 1 fully saturated rings. The number of fused-ring (bicyclic) bond motifs is 3. The molecule has 0 bridgehead atoms. The van der Waals surface area contributed by atoms with Crippen LogP contribution in [-0.4, -0.2) is 31.4 Å². The summed E-state index contributed by atoms with van der Waals surface area (Å²) in [5.41, 5.74) is 4.72. The van der Waals surface area contributed by atoms with Crippen LogP contribution in [0.1, 0.15) is 40.7 Å². The molecule has 1 atom stereocenters. The van der Waals surface area contributed by atoms with Crippen LogP contribution in [0, 0.1) is 6.92 Å². The molecule has 0 radical (unpaired) electrons. The highest BCUT2D eigenvalue weighted by Crippen LogP contribution is 2.39. The van der Waals surface area contributed by atoms with Gasteiger partial charge in [-0.15, -0.1) is 0 Å². The zero-order valence-electron chi connectivity index (χ0n) is 15.9. The number of benzene rings is 2. The van der Waals surface area contributed by atoms with Crippen LogP contribution < -0.4 is 15.1 Å². The molecular formula is C22H25N3O2. The average molecular weight is 363 g/mol. The molecule has 1 N–H and O–H groups in total. The lowest BCUT2D eigenvalue weighted by Gasteiger charge is -2.44. The first-order valence-corrected chi connectivity index (χ1v) is 9.57. The van der Waals surface area contributed by atoms with Crippen LogP contribution in [0.4, 0.5) is 11.4 Å². The summed E-state index contributed by atoms with van der Waals surface area (Å²) in [5.74, 6) is 0.00216. The fraction of sp³-hybridized carbons (Fsp3) is 0.364. The van der Waals surface area contributed by atoms with Crippen molar-refractivity contribution < 1.29 is 9.59 Å². The van der Waals surface area contributed by atoms with Gasteiger partial charge in [0.2, 0.25) is 5.91 Å². The summed E-state index contributed by atoms with van der Waals surface area (Å²) in [6, 6.07) is 13.7. The molecule has 0 aliphatic carbocycles. The number of carbonyl (C=O) groups excluding carboxylic acids is 2. The molecule has 0 spiro atoms. The van der Waals surface area contributed by atoms with Gasteiger partial charge < -0.3 is 15.1 Å². The van der Waals surface area contributed by atoms with E-state index in [2.05, 4.69) is 10.2 Å². The molecule has 2 aliphatic heterocycles. The Kier molecular flexibility index (Phi) is 4.60. The van der Waals surface area contributed by atoms with Gasteiger partial charge in [0.05, 0.1) is 11.4 Å². The Hall–Kier alpha value is -2.82. The second-order valence-corrected chi connectivity index (χ2v) is 7.41. The molecule has 140 valence electrons. The van der Waals surface area contributed by atoms with E-state index < -0.39 is 0 Å². The molecule has 0 saturated carbocycles. The van der Waals surface area contributed by atoms with Gasteiger partial charge in [-0.05, 0) is 55.5 Å². The molecular weight excluding hydrogens is 338 g/mol. The Morgan fingerprint density at radius 3 is 2.78 bits per heavy atom. The minimum Gasteiger partial charge on any atom is -0.358 e. The van der Waals surface area contributed by atoms with Crippen LogP contribution in [0.2, 0.25) is 0 Å². The molecule has 2 aliphatic rings. The lowest BCUT2D eigenvalue weighted by Crippen LogP contribution is -2.54. The lowest BCUT2D eigenvalue weighted by molar-refractivity contribution is -0.120. The highest BCUT2D eigenvalue weighted by atomic mass is 16.2. The van der Waals surface area contributed by atoms with Gasteiger partial charge in [-0.3, -0.25) is 9.59 Å². The third kappa shape index (κ3) is 3.18. The Morgan fingerprint density at radius 2 is 1.96 bits per heavy atom. The van der Waals surface area contributed by atoms with Crippen molar-refractivity contribution in [1.82, 2.24) is 5.32 Å². The number of nitrogens with zero attached hydrogens (tertiary/aromatic N) is 2. The van der Waals surface area contributed by atoms with E-state index in [9.17, 15) is 9.59 Å². The van der Waals surface area contributed by atoms with E-state index in [0.717, 1.165) is 48.3 Å². The van der Waals surface area contributed by atoms with Crippen molar-refractivity contribution in [3.63, 3.8) is 0 Å². The van der Waals surface area contributed by atoms with Crippen LogP contribution in [0.3, 0.4) is 0 Å². The summed E-state index contributed by atoms with van der Waals surface area (Å²) in [6.45, 7) is 3.43. The average Bonchev–Trinajstić information content (AvgIpc) is 2.71. The molecule has 0 aromatic heterocycles. The van der Waals surface area contributed by atoms with E-state index >= 15 is 0 Å². The van der Waals surface area contributed by atoms with Crippen molar-refractivity contribution in [2.24, 2.45) is 0 Å². The second kappa shape index (κ2) is 7.06. The molecule has 5 nitrogen and oxygen atoms in total. The Bertz CT molecular complexity index is 893. The van der Waals surface area contributed by atoms with E-state index in [-0.39, 0.29) is 17.9 Å². The van der Waals surface area contributed by atoms with Crippen molar-refractivity contribution in [2.45, 2.75) is 38.8 Å². The van der Waals surface area contributed by atoms with Crippen LogP contribution in [0.5, 0.6) is 0 Å². The number of likely N-dealkylation sites (N-methyl/N-ethyl adjacent to an activating group) is 1. The topological polar surface area (TPSA) is 52.7 Å². The number of hydrogen-bond donors (Lipinski definition) is 1. The van der Waals surface area contributed by atoms with Gasteiger partial charge in [-0.1, -0.05) is 24.3 Å². The zero-order chi connectivity index (χ0) is 19.0. The molecule has 27 heavy (non-hydrogen) atoms. The van der Waals surface area contributed by atoms with Crippen molar-refractivity contribution in [3.8, 4) is 0 Å². The molecule has 1 saturated heterocycles. The number of piperidine rings is 1. The van der Waals surface area contributed by atoms with Crippen LogP contribution in [0.25, 0.3) is 0 Å². The molecule has 2 aromatic rings. The summed E-state index contributed by atoms with van der Waals surface area (Å²) >= 11 is 0. The number of anilines is 2. The molecule has 4 rings (SSSR count). The van der Waals surface area contributed by atoms with Gasteiger partial charge in [0.1, 0.15) is 6.04 Å². The van der Waals surface area contributed by atoms with E-state index in [1.807, 2.05) is 56.4 Å². The van der Waals surface area contributed by atoms with Gasteiger partial charge in [0.25, 0.3) is 5.91 Å². The van der Waals surface area contributed by atoms with Gasteiger partial charge in [-0.2, -0.15) is 0 Å². The molecule has 2 heterocycles. The molecule has 5 heteroatoms. The predicted molar refractivity (Wildman–Crippen MR) is 107 cm³/mol. The molecule has 2 aromatic carbocycles. The van der Waals surface area contributed by atoms with Crippen molar-refractivity contribution in [3.05, 3.63) is 59.2 Å². The van der Waals surface area contributed by atoms with Crippen molar-refractivity contribution in [2.75, 3.05) is 23.4 Å². The second-order valence-electron chi connectivity index (χ2n) is 7.41. The lowest BCUT2D eigenvalue weighted by atomic mass is 9.96. The number of hydrogen-bond acceptors (Lipinski definition) is 3. The number of rotatable bonds is 3. The predicted octanol–water partition coefficient (Wildman–Crippen LogP) is 3.26. The first-order valence-electron chi connectivity index (χ1n) is 9.57. The summed E-state index contributed by atoms with van der Waals surface area (Å²) in [6.07, 6.45) is 3.10. The Labute approximate surface area is 160 Å². The van der Waals surface area contributed by atoms with Gasteiger partial charge in [0.15, 0.2) is 0 Å². The largest absolute Gasteiger partial charge is 0.358 e. The fourth-order valence-electron chi connectivity index (χ4n) is 4.08. The minimum atomic E-state index is -0.123. The number of nitrogens with one attached hydrogen (secondary N) is 1.